The molecule has 0 bridgehead atoms. The number of anilines is 1. The quantitative estimate of drug-likeness (QED) is 0.627. The minimum Gasteiger partial charge on any atom is -0.368 e. The summed E-state index contributed by atoms with van der Waals surface area (Å²) < 4.78 is 0. The summed E-state index contributed by atoms with van der Waals surface area (Å²) in [6, 6.07) is -0.492. The van der Waals surface area contributed by atoms with Gasteiger partial charge in [0.15, 0.2) is 5.13 Å². The first-order valence-corrected chi connectivity index (χ1v) is 4.29. The summed E-state index contributed by atoms with van der Waals surface area (Å²) in [6.07, 6.45) is 1.56. The van der Waals surface area contributed by atoms with Crippen LogP contribution in [0.25, 0.3) is 0 Å². The summed E-state index contributed by atoms with van der Waals surface area (Å²) >= 11 is 1.29. The summed E-state index contributed by atoms with van der Waals surface area (Å²) in [5, 5.41) is 6.89. The highest BCUT2D eigenvalue weighted by atomic mass is 32.1. The third-order valence-electron chi connectivity index (χ3n) is 1.08. The van der Waals surface area contributed by atoms with Crippen LogP contribution in [0.15, 0.2) is 11.6 Å². The van der Waals surface area contributed by atoms with E-state index in [1.54, 1.807) is 11.6 Å². The van der Waals surface area contributed by atoms with E-state index in [0.29, 0.717) is 5.13 Å². The number of hydrogen-bond acceptors (Lipinski definition) is 4. The molecular formula is C6H8N4O2S. The molecule has 70 valence electrons. The fraction of sp³-hybridized carbons (Fsp3) is 0.167. The van der Waals surface area contributed by atoms with Crippen molar-refractivity contribution < 1.29 is 9.59 Å². The van der Waals surface area contributed by atoms with Crippen molar-refractivity contribution in [2.75, 3.05) is 11.9 Å². The Morgan fingerprint density at radius 1 is 1.62 bits per heavy atom. The number of primary amides is 1. The van der Waals surface area contributed by atoms with E-state index >= 15 is 0 Å². The number of carbonyl (C=O) groups excluding carboxylic acids is 2. The summed E-state index contributed by atoms with van der Waals surface area (Å²) in [5.74, 6) is -0.589. The fourth-order valence-electron chi connectivity index (χ4n) is 0.594. The van der Waals surface area contributed by atoms with Crippen LogP contribution in [0.1, 0.15) is 0 Å². The lowest BCUT2D eigenvalue weighted by molar-refractivity contribution is -0.117. The van der Waals surface area contributed by atoms with E-state index in [9.17, 15) is 9.59 Å². The summed E-state index contributed by atoms with van der Waals surface area (Å²) in [4.78, 5) is 25.0. The standard InChI is InChI=1S/C6H8N4O2S/c7-4(11)3-9-5(12)10-6-8-1-2-13-6/h1-2H,3H2,(H2,7,11)(H2,8,9,10,12). The van der Waals surface area contributed by atoms with Gasteiger partial charge in [0, 0.05) is 11.6 Å². The molecule has 13 heavy (non-hydrogen) atoms. The average molecular weight is 200 g/mol. The van der Waals surface area contributed by atoms with Gasteiger partial charge in [0.1, 0.15) is 0 Å². The zero-order valence-corrected chi connectivity index (χ0v) is 7.43. The summed E-state index contributed by atoms with van der Waals surface area (Å²) in [7, 11) is 0. The topological polar surface area (TPSA) is 97.1 Å². The minimum atomic E-state index is -0.589. The molecule has 0 saturated heterocycles. The number of nitrogens with two attached hydrogens (primary N) is 1. The second-order valence-corrected chi connectivity index (χ2v) is 3.01. The van der Waals surface area contributed by atoms with Gasteiger partial charge in [-0.05, 0) is 0 Å². The molecule has 6 nitrogen and oxygen atoms in total. The molecule has 1 rings (SSSR count). The Labute approximate surface area is 78.1 Å². The van der Waals surface area contributed by atoms with Gasteiger partial charge in [-0.1, -0.05) is 0 Å². The lowest BCUT2D eigenvalue weighted by atomic mass is 10.6. The van der Waals surface area contributed by atoms with Gasteiger partial charge < -0.3 is 11.1 Å². The monoisotopic (exact) mass is 200 g/mol. The van der Waals surface area contributed by atoms with Crippen LogP contribution < -0.4 is 16.4 Å². The van der Waals surface area contributed by atoms with E-state index in [-0.39, 0.29) is 6.54 Å². The Morgan fingerprint density at radius 2 is 2.38 bits per heavy atom. The molecule has 3 amide bonds. The molecule has 0 radical (unpaired) electrons. The van der Waals surface area contributed by atoms with E-state index < -0.39 is 11.9 Å². The Bertz CT molecular complexity index is 298. The first-order chi connectivity index (χ1) is 6.18. The number of aromatic nitrogens is 1. The zero-order valence-electron chi connectivity index (χ0n) is 6.61. The first kappa shape index (κ1) is 9.46. The highest BCUT2D eigenvalue weighted by Crippen LogP contribution is 2.09. The van der Waals surface area contributed by atoms with E-state index in [4.69, 9.17) is 5.73 Å². The lowest BCUT2D eigenvalue weighted by Gasteiger charge is -2.01. The maximum Gasteiger partial charge on any atom is 0.321 e. The van der Waals surface area contributed by atoms with Gasteiger partial charge in [0.2, 0.25) is 5.91 Å². The van der Waals surface area contributed by atoms with Gasteiger partial charge in [-0.3, -0.25) is 10.1 Å². The van der Waals surface area contributed by atoms with Crippen LogP contribution >= 0.6 is 11.3 Å². The van der Waals surface area contributed by atoms with Gasteiger partial charge >= 0.3 is 6.03 Å². The first-order valence-electron chi connectivity index (χ1n) is 3.41. The molecule has 0 spiro atoms. The normalized spacial score (nSPS) is 9.23. The predicted molar refractivity (Wildman–Crippen MR) is 48.3 cm³/mol. The molecule has 0 unspecified atom stereocenters. The molecule has 0 aliphatic rings. The van der Waals surface area contributed by atoms with E-state index in [0.717, 1.165) is 0 Å². The highest BCUT2D eigenvalue weighted by molar-refractivity contribution is 7.13. The molecular weight excluding hydrogens is 192 g/mol. The molecule has 0 atom stereocenters. The lowest BCUT2D eigenvalue weighted by Crippen LogP contribution is -2.36. The van der Waals surface area contributed by atoms with Crippen LogP contribution in [0.4, 0.5) is 9.93 Å². The van der Waals surface area contributed by atoms with Gasteiger partial charge in [0.25, 0.3) is 0 Å². The smallest absolute Gasteiger partial charge is 0.321 e. The maximum absolute atomic E-state index is 11.0. The Kier molecular flexibility index (Phi) is 3.21. The number of amides is 3. The van der Waals surface area contributed by atoms with Gasteiger partial charge in [-0.15, -0.1) is 11.3 Å². The average Bonchev–Trinajstić information content (AvgIpc) is 2.53. The molecule has 4 N–H and O–H groups in total. The number of nitrogens with one attached hydrogen (secondary N) is 2. The highest BCUT2D eigenvalue weighted by Gasteiger charge is 2.03. The van der Waals surface area contributed by atoms with Crippen LogP contribution in [0.2, 0.25) is 0 Å². The number of carbonyl (C=O) groups is 2. The van der Waals surface area contributed by atoms with E-state index in [1.807, 2.05) is 0 Å². The molecule has 1 aromatic rings. The van der Waals surface area contributed by atoms with Crippen molar-refractivity contribution in [2.24, 2.45) is 5.73 Å². The van der Waals surface area contributed by atoms with Crippen LogP contribution in [0, 0.1) is 0 Å². The van der Waals surface area contributed by atoms with Gasteiger partial charge in [-0.25, -0.2) is 9.78 Å². The molecule has 0 fully saturated rings. The Hall–Kier alpha value is -1.63. The molecule has 0 aromatic carbocycles. The van der Waals surface area contributed by atoms with E-state index in [2.05, 4.69) is 15.6 Å². The van der Waals surface area contributed by atoms with Gasteiger partial charge in [-0.2, -0.15) is 0 Å². The van der Waals surface area contributed by atoms with E-state index in [1.165, 1.54) is 11.3 Å². The van der Waals surface area contributed by atoms with Crippen molar-refractivity contribution in [2.45, 2.75) is 0 Å². The van der Waals surface area contributed by atoms with Crippen molar-refractivity contribution in [3.8, 4) is 0 Å². The van der Waals surface area contributed by atoms with Crippen molar-refractivity contribution in [1.82, 2.24) is 10.3 Å². The Balaban J connectivity index is 2.30. The second-order valence-electron chi connectivity index (χ2n) is 2.11. The Morgan fingerprint density at radius 3 is 2.92 bits per heavy atom. The number of urea groups is 1. The molecule has 0 aliphatic carbocycles. The molecule has 1 aromatic heterocycles. The molecule has 7 heteroatoms. The van der Waals surface area contributed by atoms with Gasteiger partial charge in [0.05, 0.1) is 6.54 Å². The van der Waals surface area contributed by atoms with Crippen LogP contribution in [0.5, 0.6) is 0 Å². The van der Waals surface area contributed by atoms with Crippen LogP contribution in [0.3, 0.4) is 0 Å². The number of rotatable bonds is 3. The minimum absolute atomic E-state index is 0.183. The van der Waals surface area contributed by atoms with Crippen molar-refractivity contribution >= 4 is 28.4 Å². The third kappa shape index (κ3) is 3.52. The predicted octanol–water partition coefficient (Wildman–Crippen LogP) is -0.250. The molecule has 0 saturated carbocycles. The molecule has 0 aliphatic heterocycles. The second kappa shape index (κ2) is 4.41. The third-order valence-corrected chi connectivity index (χ3v) is 1.76. The number of nitrogens with zero attached hydrogens (tertiary/aromatic N) is 1. The summed E-state index contributed by atoms with van der Waals surface area (Å²) in [6.45, 7) is -0.183. The van der Waals surface area contributed by atoms with Crippen LogP contribution in [-0.4, -0.2) is 23.5 Å². The summed E-state index contributed by atoms with van der Waals surface area (Å²) in [5.41, 5.74) is 4.82. The van der Waals surface area contributed by atoms with Crippen LogP contribution in [-0.2, 0) is 4.79 Å². The largest absolute Gasteiger partial charge is 0.368 e. The van der Waals surface area contributed by atoms with Crippen molar-refractivity contribution in [3.05, 3.63) is 11.6 Å². The number of thiazole rings is 1. The number of hydrogen-bond donors (Lipinski definition) is 3. The zero-order chi connectivity index (χ0) is 9.68. The van der Waals surface area contributed by atoms with Crippen molar-refractivity contribution in [1.29, 1.82) is 0 Å². The van der Waals surface area contributed by atoms with Crippen molar-refractivity contribution in [3.63, 3.8) is 0 Å². The fourth-order valence-corrected chi connectivity index (χ4v) is 1.12. The molecule has 1 heterocycles. The maximum atomic E-state index is 11.0. The SMILES string of the molecule is NC(=O)CNC(=O)Nc1nccs1.